The van der Waals surface area contributed by atoms with Gasteiger partial charge in [0, 0.05) is 6.54 Å². The Labute approximate surface area is 142 Å². The number of aromatic nitrogens is 5. The second-order valence-corrected chi connectivity index (χ2v) is 6.34. The summed E-state index contributed by atoms with van der Waals surface area (Å²) >= 11 is 0. The number of aliphatic hydroxyl groups is 1. The normalized spacial score (nSPS) is 23.9. The molecule has 3 aromatic rings. The summed E-state index contributed by atoms with van der Waals surface area (Å²) in [4.78, 5) is 30.1. The number of carbonyl (C=O) groups excluding carboxylic acids is 1. The molecule has 3 aromatic heterocycles. The average molecular weight is 343 g/mol. The van der Waals surface area contributed by atoms with Crippen LogP contribution in [-0.4, -0.2) is 59.1 Å². The number of hydrogen-bond acceptors (Lipinski definition) is 8. The zero-order valence-corrected chi connectivity index (χ0v) is 13.5. The summed E-state index contributed by atoms with van der Waals surface area (Å²) in [7, 11) is 0. The summed E-state index contributed by atoms with van der Waals surface area (Å²) in [6, 6.07) is -0.300. The summed E-state index contributed by atoms with van der Waals surface area (Å²) < 4.78 is 6.85. The third-order valence-electron chi connectivity index (χ3n) is 4.55. The maximum Gasteiger partial charge on any atom is 0.291 e. The molecule has 1 aliphatic heterocycles. The molecule has 0 aromatic carbocycles. The third kappa shape index (κ3) is 2.50. The Morgan fingerprint density at radius 3 is 3.00 bits per heavy atom. The van der Waals surface area contributed by atoms with Crippen molar-refractivity contribution in [3.05, 3.63) is 31.0 Å². The monoisotopic (exact) mass is 343 g/mol. The first kappa shape index (κ1) is 15.5. The lowest BCUT2D eigenvalue weighted by Gasteiger charge is -2.43. The van der Waals surface area contributed by atoms with Gasteiger partial charge in [0.15, 0.2) is 17.9 Å². The lowest BCUT2D eigenvalue weighted by Crippen LogP contribution is -2.54. The van der Waals surface area contributed by atoms with Crippen LogP contribution in [0.25, 0.3) is 11.2 Å². The molecule has 1 amide bonds. The number of amides is 1. The van der Waals surface area contributed by atoms with Gasteiger partial charge in [-0.3, -0.25) is 4.79 Å². The van der Waals surface area contributed by atoms with Crippen LogP contribution in [0.2, 0.25) is 0 Å². The van der Waals surface area contributed by atoms with Crippen LogP contribution in [0.5, 0.6) is 0 Å². The molecule has 0 saturated carbocycles. The maximum absolute atomic E-state index is 12.4. The van der Waals surface area contributed by atoms with E-state index in [2.05, 4.69) is 19.9 Å². The van der Waals surface area contributed by atoms with Crippen LogP contribution < -0.4 is 5.73 Å². The number of nitrogen functional groups attached to an aromatic ring is 1. The van der Waals surface area contributed by atoms with Crippen LogP contribution in [0.1, 0.15) is 29.9 Å². The highest BCUT2D eigenvalue weighted by atomic mass is 16.3. The van der Waals surface area contributed by atoms with E-state index in [1.54, 1.807) is 22.7 Å². The van der Waals surface area contributed by atoms with Crippen LogP contribution >= 0.6 is 0 Å². The number of rotatable bonds is 2. The smallest absolute Gasteiger partial charge is 0.291 e. The molecule has 0 spiro atoms. The van der Waals surface area contributed by atoms with Crippen molar-refractivity contribution in [2.24, 2.45) is 0 Å². The van der Waals surface area contributed by atoms with E-state index in [4.69, 9.17) is 10.2 Å². The molecular weight excluding hydrogens is 326 g/mol. The average Bonchev–Trinajstić information content (AvgIpc) is 3.23. The van der Waals surface area contributed by atoms with E-state index >= 15 is 0 Å². The van der Waals surface area contributed by atoms with Crippen molar-refractivity contribution in [1.82, 2.24) is 29.4 Å². The van der Waals surface area contributed by atoms with E-state index in [1.807, 2.05) is 0 Å². The zero-order chi connectivity index (χ0) is 17.6. The number of carbonyl (C=O) groups is 1. The number of anilines is 1. The Morgan fingerprint density at radius 2 is 2.28 bits per heavy atom. The second-order valence-electron chi connectivity index (χ2n) is 6.34. The van der Waals surface area contributed by atoms with E-state index in [9.17, 15) is 9.90 Å². The minimum atomic E-state index is -1.18. The summed E-state index contributed by atoms with van der Waals surface area (Å²) in [5.74, 6) is 0.155. The summed E-state index contributed by atoms with van der Waals surface area (Å²) in [6.07, 6.45) is 6.07. The van der Waals surface area contributed by atoms with Gasteiger partial charge in [0.2, 0.25) is 5.76 Å². The number of imidazole rings is 1. The predicted molar refractivity (Wildman–Crippen MR) is 86.4 cm³/mol. The molecule has 2 atom stereocenters. The minimum absolute atomic E-state index is 0.150. The molecule has 0 bridgehead atoms. The largest absolute Gasteiger partial charge is 0.438 e. The molecule has 10 nitrogen and oxygen atoms in total. The van der Waals surface area contributed by atoms with Crippen molar-refractivity contribution in [3.63, 3.8) is 0 Å². The maximum atomic E-state index is 12.4. The Kier molecular flexibility index (Phi) is 3.42. The molecule has 10 heteroatoms. The third-order valence-corrected chi connectivity index (χ3v) is 4.55. The first-order valence-corrected chi connectivity index (χ1v) is 7.80. The van der Waals surface area contributed by atoms with Gasteiger partial charge in [-0.05, 0) is 13.3 Å². The number of nitrogens with two attached hydrogens (primary N) is 1. The SMILES string of the molecule is C[C@@]1(O)CN(C(=O)c2cnco2)CC[C@H]1n1cnc2c(N)ncnc21. The van der Waals surface area contributed by atoms with Crippen molar-refractivity contribution < 1.29 is 14.3 Å². The summed E-state index contributed by atoms with van der Waals surface area (Å²) in [6.45, 7) is 2.30. The fraction of sp³-hybridized carbons (Fsp3) is 0.400. The van der Waals surface area contributed by atoms with Crippen molar-refractivity contribution in [1.29, 1.82) is 0 Å². The highest BCUT2D eigenvalue weighted by Crippen LogP contribution is 2.34. The Bertz CT molecular complexity index is 919. The lowest BCUT2D eigenvalue weighted by atomic mass is 9.88. The number of piperidine rings is 1. The van der Waals surface area contributed by atoms with Gasteiger partial charge < -0.3 is 24.7 Å². The number of oxazole rings is 1. The molecule has 0 aliphatic carbocycles. The molecule has 25 heavy (non-hydrogen) atoms. The summed E-state index contributed by atoms with van der Waals surface area (Å²) in [5.41, 5.74) is 5.71. The number of likely N-dealkylation sites (tertiary alicyclic amines) is 1. The van der Waals surface area contributed by atoms with E-state index < -0.39 is 5.60 Å². The Morgan fingerprint density at radius 1 is 1.44 bits per heavy atom. The highest BCUT2D eigenvalue weighted by Gasteiger charge is 2.42. The van der Waals surface area contributed by atoms with Gasteiger partial charge in [-0.2, -0.15) is 0 Å². The molecule has 4 heterocycles. The Hall–Kier alpha value is -3.01. The van der Waals surface area contributed by atoms with E-state index in [0.717, 1.165) is 0 Å². The van der Waals surface area contributed by atoms with Crippen molar-refractivity contribution in [2.45, 2.75) is 25.0 Å². The highest BCUT2D eigenvalue weighted by molar-refractivity contribution is 5.91. The standard InChI is InChI=1S/C15H17N7O3/c1-15(24)5-21(14(23)9-4-17-8-25-9)3-2-10(15)22-7-20-11-12(16)18-6-19-13(11)22/h4,6-8,10,24H,2-3,5H2,1H3,(H2,16,18,19)/t10-,15-/m1/s1. The molecule has 130 valence electrons. The van der Waals surface area contributed by atoms with Crippen LogP contribution in [0.4, 0.5) is 5.82 Å². The fourth-order valence-electron chi connectivity index (χ4n) is 3.35. The van der Waals surface area contributed by atoms with Crippen molar-refractivity contribution >= 4 is 22.9 Å². The van der Waals surface area contributed by atoms with Crippen LogP contribution in [-0.2, 0) is 0 Å². The number of β-amino-alcohol motifs (C(OH)–C–C–N with tert-alkyl or cyclic N) is 1. The Balaban J connectivity index is 1.63. The number of fused-ring (bicyclic) bond motifs is 1. The van der Waals surface area contributed by atoms with Gasteiger partial charge >= 0.3 is 0 Å². The van der Waals surface area contributed by atoms with Crippen molar-refractivity contribution in [2.75, 3.05) is 18.8 Å². The summed E-state index contributed by atoms with van der Waals surface area (Å²) in [5, 5.41) is 11.0. The molecule has 0 unspecified atom stereocenters. The van der Waals surface area contributed by atoms with Crippen LogP contribution in [0.3, 0.4) is 0 Å². The van der Waals surface area contributed by atoms with Gasteiger partial charge in [-0.25, -0.2) is 19.9 Å². The van der Waals surface area contributed by atoms with Gasteiger partial charge in [0.1, 0.15) is 17.4 Å². The second kappa shape index (κ2) is 5.52. The quantitative estimate of drug-likeness (QED) is 0.675. The fourth-order valence-corrected chi connectivity index (χ4v) is 3.35. The number of hydrogen-bond donors (Lipinski definition) is 2. The lowest BCUT2D eigenvalue weighted by molar-refractivity contribution is -0.0485. The van der Waals surface area contributed by atoms with E-state index in [0.29, 0.717) is 29.9 Å². The molecule has 1 aliphatic rings. The van der Waals surface area contributed by atoms with Gasteiger partial charge in [-0.15, -0.1) is 0 Å². The minimum Gasteiger partial charge on any atom is -0.438 e. The first-order chi connectivity index (χ1) is 12.0. The molecule has 0 radical (unpaired) electrons. The van der Waals surface area contributed by atoms with E-state index in [-0.39, 0.29) is 24.3 Å². The van der Waals surface area contributed by atoms with Gasteiger partial charge in [0.25, 0.3) is 5.91 Å². The molecule has 3 N–H and O–H groups in total. The zero-order valence-electron chi connectivity index (χ0n) is 13.5. The van der Waals surface area contributed by atoms with Gasteiger partial charge in [0.05, 0.1) is 25.1 Å². The van der Waals surface area contributed by atoms with Gasteiger partial charge in [-0.1, -0.05) is 0 Å². The van der Waals surface area contributed by atoms with Crippen LogP contribution in [0, 0.1) is 0 Å². The molecular formula is C15H17N7O3. The molecule has 4 rings (SSSR count). The van der Waals surface area contributed by atoms with E-state index in [1.165, 1.54) is 18.9 Å². The topological polar surface area (TPSA) is 136 Å². The molecule has 1 saturated heterocycles. The molecule has 1 fully saturated rings. The van der Waals surface area contributed by atoms with Crippen molar-refractivity contribution in [3.8, 4) is 0 Å². The first-order valence-electron chi connectivity index (χ1n) is 7.80. The number of nitrogens with zero attached hydrogens (tertiary/aromatic N) is 6. The van der Waals surface area contributed by atoms with Crippen LogP contribution in [0.15, 0.2) is 29.7 Å². The predicted octanol–water partition coefficient (Wildman–Crippen LogP) is 0.235.